The second-order valence-corrected chi connectivity index (χ2v) is 19.3. The highest BCUT2D eigenvalue weighted by molar-refractivity contribution is 6.11. The number of hydrogen-bond donors (Lipinski definition) is 8. The number of nitrogens with one attached hydrogen (secondary N) is 3. The second kappa shape index (κ2) is 19.2. The first-order chi connectivity index (χ1) is 33.0. The zero-order chi connectivity index (χ0) is 47.3. The number of ketones is 1. The quantitative estimate of drug-likeness (QED) is 0.0675. The lowest BCUT2D eigenvalue weighted by atomic mass is 9.86. The van der Waals surface area contributed by atoms with Crippen LogP contribution in [0.4, 0.5) is 0 Å². The summed E-state index contributed by atoms with van der Waals surface area (Å²) < 4.78 is 25.5. The number of benzene rings is 4. The van der Waals surface area contributed by atoms with Crippen LogP contribution in [-0.2, 0) is 29.1 Å². The van der Waals surface area contributed by atoms with E-state index in [4.69, 9.17) is 18.9 Å². The molecular weight excluding hydrogens is 869 g/mol. The number of phenolic OH excluding ortho intramolecular Hbond substituents is 1. The van der Waals surface area contributed by atoms with E-state index in [2.05, 4.69) is 27.8 Å². The number of fused-ring (bicyclic) bond motifs is 7. The van der Waals surface area contributed by atoms with Crippen molar-refractivity contribution in [3.05, 3.63) is 105 Å². The summed E-state index contributed by atoms with van der Waals surface area (Å²) in [6, 6.07) is 15.9. The molecule has 4 heterocycles. The van der Waals surface area contributed by atoms with Crippen LogP contribution >= 0.6 is 0 Å². The Bertz CT molecular complexity index is 2740. The lowest BCUT2D eigenvalue weighted by Gasteiger charge is -2.47. The average molecular weight is 931 g/mol. The molecule has 1 aromatic heterocycles. The lowest BCUT2D eigenvalue weighted by Crippen LogP contribution is -2.69. The van der Waals surface area contributed by atoms with Gasteiger partial charge in [0.25, 0.3) is 5.91 Å². The molecule has 6 atom stereocenters. The van der Waals surface area contributed by atoms with Crippen LogP contribution in [0, 0.1) is 0 Å². The number of ether oxygens (including phenoxy) is 4. The third kappa shape index (κ3) is 8.36. The Labute approximate surface area is 395 Å². The molecule has 5 aliphatic rings. The largest absolute Gasteiger partial charge is 0.506 e. The summed E-state index contributed by atoms with van der Waals surface area (Å²) in [5.74, 6) is -0.941. The zero-order valence-electron chi connectivity index (χ0n) is 38.6. The molecule has 5 aromatic rings. The summed E-state index contributed by atoms with van der Waals surface area (Å²) >= 11 is 0. The number of phenols is 1. The molecule has 1 amide bonds. The van der Waals surface area contributed by atoms with Crippen LogP contribution in [0.2, 0.25) is 0 Å². The first-order valence-corrected chi connectivity index (χ1v) is 24.1. The number of aromatic nitrogens is 1. The van der Waals surface area contributed by atoms with Crippen LogP contribution in [-0.4, -0.2) is 117 Å². The van der Waals surface area contributed by atoms with Gasteiger partial charge in [-0.2, -0.15) is 0 Å². The molecule has 6 unspecified atom stereocenters. The molecule has 2 saturated carbocycles. The maximum Gasteiger partial charge on any atom is 0.254 e. The number of amides is 1. The van der Waals surface area contributed by atoms with Crippen molar-refractivity contribution in [1.29, 1.82) is 0 Å². The first kappa shape index (κ1) is 46.4. The molecule has 2 aliphatic carbocycles. The van der Waals surface area contributed by atoms with Crippen LogP contribution in [0.3, 0.4) is 0 Å². The highest BCUT2D eigenvalue weighted by Crippen LogP contribution is 2.50. The number of Topliss-reactive ketones (excluding diaryl/α,β-unsaturated/α-hetero) is 1. The SMILES string of the molecule is CNCc1cccc2c1CN(CC(=O)c1c(C3CCCC3)cc3cc(OC)c4c(c3c1O)OC1OC(COC(c3c[nH]c5ccc(CNC6CCCCC6)cc35)C=C4)C(O)C(O)C1(O)CO)C2=O. The van der Waals surface area contributed by atoms with Gasteiger partial charge in [0.05, 0.1) is 43.4 Å². The molecule has 10 rings (SSSR count). The molecule has 360 valence electrons. The standard InChI is InChI=1S/C53H62N4O11/c1-54-23-31-11-8-14-34-39(31)25-57(51(34)63)26-41(59)46-36(30-9-6-7-10-30)20-32-21-43(65-2)35-16-18-42(38-24-56-40-17-15-29(19-37(38)40)22-55-33-12-4-3-5-13-33)66-27-44-47(60)50(62)53(64,28-58)52(67-44)68-49(35)45(32)48(46)61/h8,11,14-21,24,30,33,42,44,47,50,52,54-56,58,60-62,64H,3-7,9-10,12-13,22-23,25-28H2,1-2H3. The molecule has 8 N–H and O–H groups in total. The van der Waals surface area contributed by atoms with Crippen LogP contribution < -0.4 is 20.1 Å². The van der Waals surface area contributed by atoms with Crippen molar-refractivity contribution in [2.45, 2.75) is 126 Å². The summed E-state index contributed by atoms with van der Waals surface area (Å²) in [7, 11) is 3.33. The first-order valence-electron chi connectivity index (χ1n) is 24.1. The topological polar surface area (TPSA) is 215 Å². The van der Waals surface area contributed by atoms with Crippen molar-refractivity contribution in [1.82, 2.24) is 20.5 Å². The van der Waals surface area contributed by atoms with E-state index in [-0.39, 0.29) is 53.8 Å². The fraction of sp³-hybridized carbons (Fsp3) is 0.472. The molecular formula is C53H62N4O11. The molecule has 1 saturated heterocycles. The van der Waals surface area contributed by atoms with Gasteiger partial charge in [0.15, 0.2) is 11.4 Å². The Balaban J connectivity index is 1.10. The average Bonchev–Trinajstić information content (AvgIpc) is 4.11. The molecule has 4 aromatic carbocycles. The van der Waals surface area contributed by atoms with Gasteiger partial charge in [0.2, 0.25) is 6.29 Å². The molecule has 15 nitrogen and oxygen atoms in total. The van der Waals surface area contributed by atoms with Crippen LogP contribution in [0.5, 0.6) is 17.2 Å². The predicted molar refractivity (Wildman–Crippen MR) is 255 cm³/mol. The number of aliphatic hydroxyl groups excluding tert-OH is 3. The minimum Gasteiger partial charge on any atom is -0.506 e. The van der Waals surface area contributed by atoms with Crippen LogP contribution in [0.25, 0.3) is 27.8 Å². The van der Waals surface area contributed by atoms with Crippen molar-refractivity contribution in [2.24, 2.45) is 0 Å². The van der Waals surface area contributed by atoms with Gasteiger partial charge in [-0.1, -0.05) is 56.4 Å². The fourth-order valence-corrected chi connectivity index (χ4v) is 11.3. The Kier molecular flexibility index (Phi) is 13.1. The molecule has 0 radical (unpaired) electrons. The number of aromatic hydroxyl groups is 1. The summed E-state index contributed by atoms with van der Waals surface area (Å²) in [5.41, 5.74) is 3.54. The van der Waals surface area contributed by atoms with Gasteiger partial charge >= 0.3 is 0 Å². The summed E-state index contributed by atoms with van der Waals surface area (Å²) in [4.78, 5) is 33.6. The fourth-order valence-electron chi connectivity index (χ4n) is 11.3. The Morgan fingerprint density at radius 1 is 1.00 bits per heavy atom. The highest BCUT2D eigenvalue weighted by Gasteiger charge is 2.57. The number of rotatable bonds is 12. The number of aliphatic hydroxyl groups is 4. The number of H-pyrrole nitrogens is 1. The summed E-state index contributed by atoms with van der Waals surface area (Å²) in [6.07, 6.45) is 7.37. The van der Waals surface area contributed by atoms with E-state index in [1.54, 1.807) is 24.3 Å². The highest BCUT2D eigenvalue weighted by atomic mass is 16.7. The Morgan fingerprint density at radius 2 is 1.79 bits per heavy atom. The minimum absolute atomic E-state index is 0.0572. The van der Waals surface area contributed by atoms with Gasteiger partial charge in [-0.15, -0.1) is 0 Å². The normalized spacial score (nSPS) is 25.6. The van der Waals surface area contributed by atoms with Crippen molar-refractivity contribution in [2.75, 3.05) is 33.9 Å². The van der Waals surface area contributed by atoms with Gasteiger partial charge in [-0.25, -0.2) is 0 Å². The van der Waals surface area contributed by atoms with Crippen LogP contribution in [0.15, 0.2) is 60.8 Å². The van der Waals surface area contributed by atoms with E-state index in [9.17, 15) is 35.1 Å². The smallest absolute Gasteiger partial charge is 0.254 e. The van der Waals surface area contributed by atoms with Gasteiger partial charge in [0.1, 0.15) is 41.7 Å². The number of carbonyl (C=O) groups excluding carboxylic acids is 2. The van der Waals surface area contributed by atoms with E-state index in [1.165, 1.54) is 31.3 Å². The number of methoxy groups -OCH3 is 1. The monoisotopic (exact) mass is 930 g/mol. The molecule has 0 spiro atoms. The van der Waals surface area contributed by atoms with E-state index in [1.807, 2.05) is 37.5 Å². The lowest BCUT2D eigenvalue weighted by molar-refractivity contribution is -0.329. The number of hydrogen-bond acceptors (Lipinski definition) is 13. The van der Waals surface area contributed by atoms with E-state index in [0.717, 1.165) is 71.7 Å². The van der Waals surface area contributed by atoms with Crippen LogP contribution in [0.1, 0.15) is 124 Å². The van der Waals surface area contributed by atoms with E-state index >= 15 is 0 Å². The summed E-state index contributed by atoms with van der Waals surface area (Å²) in [5, 5.41) is 66.6. The van der Waals surface area contributed by atoms with Crippen molar-refractivity contribution < 1.29 is 54.1 Å². The second-order valence-electron chi connectivity index (χ2n) is 19.3. The Hall–Kier alpha value is -5.36. The number of aromatic amines is 1. The van der Waals surface area contributed by atoms with Gasteiger partial charge in [0, 0.05) is 53.9 Å². The minimum atomic E-state index is -2.56. The Morgan fingerprint density at radius 3 is 2.56 bits per heavy atom. The zero-order valence-corrected chi connectivity index (χ0v) is 38.6. The number of carbonyl (C=O) groups is 2. The van der Waals surface area contributed by atoms with Crippen molar-refractivity contribution in [3.63, 3.8) is 0 Å². The number of nitrogens with zero attached hydrogens (tertiary/aromatic N) is 1. The molecule has 3 fully saturated rings. The van der Waals surface area contributed by atoms with Gasteiger partial charge in [-0.05, 0) is 103 Å². The third-order valence-electron chi connectivity index (χ3n) is 15.1. The van der Waals surface area contributed by atoms with Crippen molar-refractivity contribution >= 4 is 39.4 Å². The summed E-state index contributed by atoms with van der Waals surface area (Å²) in [6.45, 7) is -0.142. The van der Waals surface area contributed by atoms with Crippen molar-refractivity contribution in [3.8, 4) is 17.2 Å². The predicted octanol–water partition coefficient (Wildman–Crippen LogP) is 6.01. The third-order valence-corrected chi connectivity index (χ3v) is 15.1. The van der Waals surface area contributed by atoms with E-state index < -0.39 is 54.4 Å². The van der Waals surface area contributed by atoms with Gasteiger partial charge < -0.3 is 65.0 Å². The maximum absolute atomic E-state index is 14.9. The molecule has 68 heavy (non-hydrogen) atoms. The maximum atomic E-state index is 14.9. The molecule has 2 bridgehead atoms. The molecule has 15 heteroatoms. The van der Waals surface area contributed by atoms with E-state index in [0.29, 0.717) is 41.4 Å². The van der Waals surface area contributed by atoms with Gasteiger partial charge in [-0.3, -0.25) is 9.59 Å². The molecule has 3 aliphatic heterocycles.